The number of carbonyl (C=O) groups is 2. The lowest BCUT2D eigenvalue weighted by atomic mass is 9.87. The van der Waals surface area contributed by atoms with Crippen molar-refractivity contribution in [3.05, 3.63) is 52.9 Å². The molecule has 1 atom stereocenters. The van der Waals surface area contributed by atoms with Crippen molar-refractivity contribution in [2.75, 3.05) is 0 Å². The van der Waals surface area contributed by atoms with Crippen LogP contribution >= 0.6 is 0 Å². The topological polar surface area (TPSA) is 92.4 Å². The molecule has 0 aliphatic carbocycles. The highest BCUT2D eigenvalue weighted by Crippen LogP contribution is 2.26. The van der Waals surface area contributed by atoms with Crippen LogP contribution in [0.2, 0.25) is 0 Å². The van der Waals surface area contributed by atoms with Crippen LogP contribution in [0.5, 0.6) is 0 Å². The Morgan fingerprint density at radius 2 is 1.92 bits per heavy atom. The summed E-state index contributed by atoms with van der Waals surface area (Å²) < 4.78 is 5.08. The average Bonchev–Trinajstić information content (AvgIpc) is 2.89. The summed E-state index contributed by atoms with van der Waals surface area (Å²) in [5, 5.41) is 16.3. The molecular formula is C18H22N2O4. The molecule has 0 bridgehead atoms. The van der Waals surface area contributed by atoms with Crippen molar-refractivity contribution in [1.82, 2.24) is 10.5 Å². The smallest absolute Gasteiger partial charge is 0.334 e. The van der Waals surface area contributed by atoms with Gasteiger partial charge < -0.3 is 14.9 Å². The minimum absolute atomic E-state index is 0.171. The van der Waals surface area contributed by atoms with Gasteiger partial charge in [-0.25, -0.2) is 4.79 Å². The van der Waals surface area contributed by atoms with Crippen molar-refractivity contribution >= 4 is 11.9 Å². The van der Waals surface area contributed by atoms with Crippen LogP contribution in [0.25, 0.3) is 0 Å². The van der Waals surface area contributed by atoms with E-state index < -0.39 is 11.5 Å². The van der Waals surface area contributed by atoms with Gasteiger partial charge in [0.1, 0.15) is 5.76 Å². The summed E-state index contributed by atoms with van der Waals surface area (Å²) in [5.74, 6) is -0.701. The molecule has 0 aliphatic heterocycles. The van der Waals surface area contributed by atoms with Crippen LogP contribution < -0.4 is 5.32 Å². The van der Waals surface area contributed by atoms with Crippen LogP contribution in [-0.2, 0) is 21.5 Å². The third kappa shape index (κ3) is 3.48. The Labute approximate surface area is 140 Å². The first-order chi connectivity index (χ1) is 11.4. The number of aromatic nitrogens is 1. The number of carbonyl (C=O) groups excluding carboxylic acids is 1. The zero-order chi connectivity index (χ0) is 17.7. The first-order valence-corrected chi connectivity index (χ1v) is 7.92. The van der Waals surface area contributed by atoms with E-state index in [4.69, 9.17) is 4.52 Å². The predicted molar refractivity (Wildman–Crippen MR) is 88.5 cm³/mol. The average molecular weight is 330 g/mol. The van der Waals surface area contributed by atoms with Gasteiger partial charge in [-0.1, -0.05) is 42.4 Å². The molecule has 0 fully saturated rings. The molecule has 1 unspecified atom stereocenters. The number of amides is 1. The molecule has 0 saturated carbocycles. The van der Waals surface area contributed by atoms with Gasteiger partial charge in [-0.3, -0.25) is 4.79 Å². The molecule has 0 saturated heterocycles. The minimum Gasteiger partial charge on any atom is -0.479 e. The molecule has 2 N–H and O–H groups in total. The third-order valence-corrected chi connectivity index (χ3v) is 4.30. The monoisotopic (exact) mass is 330 g/mol. The van der Waals surface area contributed by atoms with Crippen molar-refractivity contribution in [2.24, 2.45) is 0 Å². The van der Waals surface area contributed by atoms with E-state index in [9.17, 15) is 14.7 Å². The highest BCUT2D eigenvalue weighted by atomic mass is 16.5. The Balaban J connectivity index is 2.15. The van der Waals surface area contributed by atoms with Gasteiger partial charge in [0, 0.05) is 12.0 Å². The van der Waals surface area contributed by atoms with Crippen molar-refractivity contribution in [2.45, 2.75) is 45.6 Å². The molecule has 2 aromatic rings. The van der Waals surface area contributed by atoms with E-state index in [1.165, 1.54) is 0 Å². The molecule has 0 radical (unpaired) electrons. The Hall–Kier alpha value is -2.63. The van der Waals surface area contributed by atoms with Crippen molar-refractivity contribution in [3.63, 3.8) is 0 Å². The molecule has 24 heavy (non-hydrogen) atoms. The first-order valence-electron chi connectivity index (χ1n) is 7.92. The normalized spacial score (nSPS) is 13.3. The molecule has 1 aromatic heterocycles. The molecule has 128 valence electrons. The fourth-order valence-corrected chi connectivity index (χ4v) is 2.81. The second kappa shape index (κ2) is 7.29. The predicted octanol–water partition coefficient (Wildman–Crippen LogP) is 2.73. The molecular weight excluding hydrogens is 308 g/mol. The van der Waals surface area contributed by atoms with Gasteiger partial charge in [0.25, 0.3) is 0 Å². The van der Waals surface area contributed by atoms with E-state index in [0.717, 1.165) is 11.3 Å². The molecule has 0 spiro atoms. The zero-order valence-electron chi connectivity index (χ0n) is 14.1. The number of nitrogens with zero attached hydrogens (tertiary/aromatic N) is 1. The van der Waals surface area contributed by atoms with Crippen molar-refractivity contribution in [1.29, 1.82) is 0 Å². The van der Waals surface area contributed by atoms with Gasteiger partial charge in [0.15, 0.2) is 5.54 Å². The molecule has 1 heterocycles. The summed E-state index contributed by atoms with van der Waals surface area (Å²) in [5.41, 5.74) is 0.785. The second-order valence-electron chi connectivity index (χ2n) is 5.78. The summed E-state index contributed by atoms with van der Waals surface area (Å²) in [6, 6.07) is 8.76. The lowest BCUT2D eigenvalue weighted by Gasteiger charge is -2.30. The maximum absolute atomic E-state index is 12.4. The number of carboxylic acids is 1. The van der Waals surface area contributed by atoms with Crippen LogP contribution in [-0.4, -0.2) is 22.1 Å². The summed E-state index contributed by atoms with van der Waals surface area (Å²) >= 11 is 0. The summed E-state index contributed by atoms with van der Waals surface area (Å²) in [7, 11) is 0. The fourth-order valence-electron chi connectivity index (χ4n) is 2.81. The van der Waals surface area contributed by atoms with Crippen molar-refractivity contribution in [3.8, 4) is 0 Å². The molecule has 1 amide bonds. The largest absolute Gasteiger partial charge is 0.479 e. The third-order valence-electron chi connectivity index (χ3n) is 4.30. The maximum Gasteiger partial charge on any atom is 0.334 e. The van der Waals surface area contributed by atoms with Crippen LogP contribution in [0.1, 0.15) is 42.3 Å². The summed E-state index contributed by atoms with van der Waals surface area (Å²) in [6.45, 7) is 5.36. The lowest BCUT2D eigenvalue weighted by Crippen LogP contribution is -2.51. The SMILES string of the molecule is CCC(NC(=O)CCc1c(C)noc1C)(C(=O)O)c1ccccc1. The second-order valence-corrected chi connectivity index (χ2v) is 5.78. The summed E-state index contributed by atoms with van der Waals surface area (Å²) in [6.07, 6.45) is 0.884. The van der Waals surface area contributed by atoms with Gasteiger partial charge in [-0.2, -0.15) is 0 Å². The Morgan fingerprint density at radius 3 is 2.42 bits per heavy atom. The van der Waals surface area contributed by atoms with Crippen molar-refractivity contribution < 1.29 is 19.2 Å². The summed E-state index contributed by atoms with van der Waals surface area (Å²) in [4.78, 5) is 24.3. The number of aryl methyl sites for hydroxylation is 2. The van der Waals surface area contributed by atoms with Gasteiger partial charge in [-0.05, 0) is 32.3 Å². The number of hydrogen-bond acceptors (Lipinski definition) is 4. The number of benzene rings is 1. The molecule has 6 heteroatoms. The maximum atomic E-state index is 12.4. The first kappa shape index (κ1) is 17.7. The van der Waals surface area contributed by atoms with E-state index in [1.807, 2.05) is 13.0 Å². The van der Waals surface area contributed by atoms with Gasteiger partial charge in [-0.15, -0.1) is 0 Å². The molecule has 0 aliphatic rings. The number of rotatable bonds is 7. The molecule has 2 rings (SSSR count). The Morgan fingerprint density at radius 1 is 1.25 bits per heavy atom. The van der Waals surface area contributed by atoms with Gasteiger partial charge >= 0.3 is 5.97 Å². The number of carboxylic acid groups (broad SMARTS) is 1. The zero-order valence-corrected chi connectivity index (χ0v) is 14.1. The quantitative estimate of drug-likeness (QED) is 0.814. The van der Waals surface area contributed by atoms with E-state index in [1.54, 1.807) is 38.1 Å². The van der Waals surface area contributed by atoms with E-state index >= 15 is 0 Å². The van der Waals surface area contributed by atoms with Crippen LogP contribution in [0.15, 0.2) is 34.9 Å². The Bertz CT molecular complexity index is 704. The van der Waals surface area contributed by atoms with Crippen LogP contribution in [0.4, 0.5) is 0 Å². The Kier molecular flexibility index (Phi) is 5.39. The van der Waals surface area contributed by atoms with Gasteiger partial charge in [0.05, 0.1) is 5.69 Å². The van der Waals surface area contributed by atoms with Gasteiger partial charge in [0.2, 0.25) is 5.91 Å². The molecule has 6 nitrogen and oxygen atoms in total. The van der Waals surface area contributed by atoms with Crippen LogP contribution in [0.3, 0.4) is 0 Å². The molecule has 1 aromatic carbocycles. The highest BCUT2D eigenvalue weighted by Gasteiger charge is 2.40. The van der Waals surface area contributed by atoms with E-state index in [-0.39, 0.29) is 18.7 Å². The van der Waals surface area contributed by atoms with Crippen LogP contribution in [0, 0.1) is 13.8 Å². The van der Waals surface area contributed by atoms with E-state index in [0.29, 0.717) is 17.7 Å². The minimum atomic E-state index is -1.42. The lowest BCUT2D eigenvalue weighted by molar-refractivity contribution is -0.148. The standard InChI is InChI=1S/C18H22N2O4/c1-4-18(17(22)23,14-8-6-5-7-9-14)19-16(21)11-10-15-12(2)20-24-13(15)3/h5-9H,4,10-11H2,1-3H3,(H,19,21)(H,22,23). The number of aliphatic carboxylic acids is 1. The fraction of sp³-hybridized carbons (Fsp3) is 0.389. The number of hydrogen-bond donors (Lipinski definition) is 2. The number of nitrogens with one attached hydrogen (secondary N) is 1. The van der Waals surface area contributed by atoms with E-state index in [2.05, 4.69) is 10.5 Å². The highest BCUT2D eigenvalue weighted by molar-refractivity contribution is 5.88.